The van der Waals surface area contributed by atoms with Crippen molar-refractivity contribution in [1.29, 1.82) is 0 Å². The van der Waals surface area contributed by atoms with Crippen molar-refractivity contribution in [3.05, 3.63) is 89.5 Å². The minimum absolute atomic E-state index is 0.00420. The molecule has 0 aliphatic heterocycles. The van der Waals surface area contributed by atoms with Gasteiger partial charge in [-0.15, -0.1) is 0 Å². The number of amides is 1. The number of aryl methyl sites for hydroxylation is 2. The lowest BCUT2D eigenvalue weighted by molar-refractivity contribution is -0.116. The molecule has 0 saturated heterocycles. The van der Waals surface area contributed by atoms with Gasteiger partial charge in [0.25, 0.3) is 10.0 Å². The lowest BCUT2D eigenvalue weighted by Crippen LogP contribution is -2.31. The highest BCUT2D eigenvalue weighted by atomic mass is 32.2. The maximum Gasteiger partial charge on any atom is 0.266 e. The number of anilines is 2. The summed E-state index contributed by atoms with van der Waals surface area (Å²) in [4.78, 5) is 25.1. The summed E-state index contributed by atoms with van der Waals surface area (Å²) in [5.41, 5.74) is 3.41. The maximum absolute atomic E-state index is 13.4. The van der Waals surface area contributed by atoms with Gasteiger partial charge in [0.2, 0.25) is 5.91 Å². The van der Waals surface area contributed by atoms with Crippen molar-refractivity contribution >= 4 is 33.1 Å². The average molecular weight is 465 g/mol. The van der Waals surface area contributed by atoms with E-state index < -0.39 is 15.9 Å². The van der Waals surface area contributed by atoms with Crippen LogP contribution in [0.2, 0.25) is 0 Å². The fourth-order valence-electron chi connectivity index (χ4n) is 3.50. The SMILES string of the molecule is CCN(c1ccccc1)S(=O)(=O)c1ccccc1NC(=O)CCC(=O)c1ccc(C)c(C)c1. The molecule has 0 aliphatic carbocycles. The molecule has 0 spiro atoms. The fraction of sp³-hybridized carbons (Fsp3) is 0.231. The van der Waals surface area contributed by atoms with Gasteiger partial charge in [-0.25, -0.2) is 8.42 Å². The van der Waals surface area contributed by atoms with Gasteiger partial charge >= 0.3 is 0 Å². The molecule has 172 valence electrons. The first-order valence-electron chi connectivity index (χ1n) is 10.8. The molecule has 0 heterocycles. The Morgan fingerprint density at radius 3 is 2.18 bits per heavy atom. The molecule has 3 aromatic carbocycles. The number of ketones is 1. The Morgan fingerprint density at radius 1 is 0.848 bits per heavy atom. The van der Waals surface area contributed by atoms with E-state index in [1.807, 2.05) is 32.0 Å². The number of para-hydroxylation sites is 2. The van der Waals surface area contributed by atoms with Crippen molar-refractivity contribution in [2.75, 3.05) is 16.2 Å². The molecule has 0 aromatic heterocycles. The lowest BCUT2D eigenvalue weighted by Gasteiger charge is -2.24. The Balaban J connectivity index is 1.75. The Labute approximate surface area is 195 Å². The summed E-state index contributed by atoms with van der Waals surface area (Å²) in [5, 5.41) is 2.68. The first-order chi connectivity index (χ1) is 15.7. The minimum Gasteiger partial charge on any atom is -0.325 e. The van der Waals surface area contributed by atoms with E-state index in [1.165, 1.54) is 10.4 Å². The fourth-order valence-corrected chi connectivity index (χ4v) is 5.12. The largest absolute Gasteiger partial charge is 0.325 e. The van der Waals surface area contributed by atoms with Crippen LogP contribution in [0.25, 0.3) is 0 Å². The topological polar surface area (TPSA) is 83.6 Å². The second-order valence-corrected chi connectivity index (χ2v) is 9.60. The molecule has 7 heteroatoms. The van der Waals surface area contributed by atoms with Crippen LogP contribution in [-0.2, 0) is 14.8 Å². The zero-order valence-corrected chi connectivity index (χ0v) is 19.9. The average Bonchev–Trinajstić information content (AvgIpc) is 2.80. The number of sulfonamides is 1. The Bertz CT molecular complexity index is 1250. The van der Waals surface area contributed by atoms with Crippen molar-refractivity contribution in [1.82, 2.24) is 0 Å². The van der Waals surface area contributed by atoms with Crippen LogP contribution in [0.15, 0.2) is 77.7 Å². The zero-order chi connectivity index (χ0) is 24.0. The number of rotatable bonds is 9. The van der Waals surface area contributed by atoms with Gasteiger partial charge in [-0.1, -0.05) is 42.5 Å². The van der Waals surface area contributed by atoms with Crippen LogP contribution in [0.1, 0.15) is 41.3 Å². The van der Waals surface area contributed by atoms with Gasteiger partial charge in [-0.05, 0) is 62.2 Å². The van der Waals surface area contributed by atoms with Crippen LogP contribution in [0, 0.1) is 13.8 Å². The van der Waals surface area contributed by atoms with E-state index in [-0.39, 0.29) is 35.8 Å². The van der Waals surface area contributed by atoms with Crippen LogP contribution >= 0.6 is 0 Å². The third-order valence-electron chi connectivity index (χ3n) is 5.47. The lowest BCUT2D eigenvalue weighted by atomic mass is 10.0. The van der Waals surface area contributed by atoms with E-state index in [1.54, 1.807) is 55.5 Å². The van der Waals surface area contributed by atoms with Crippen LogP contribution < -0.4 is 9.62 Å². The van der Waals surface area contributed by atoms with E-state index in [0.717, 1.165) is 11.1 Å². The van der Waals surface area contributed by atoms with Crippen molar-refractivity contribution in [3.8, 4) is 0 Å². The smallest absolute Gasteiger partial charge is 0.266 e. The molecule has 0 unspecified atom stereocenters. The van der Waals surface area contributed by atoms with E-state index in [2.05, 4.69) is 5.32 Å². The molecule has 0 bridgehead atoms. The normalized spacial score (nSPS) is 11.1. The first kappa shape index (κ1) is 24.2. The molecule has 1 N–H and O–H groups in total. The monoisotopic (exact) mass is 464 g/mol. The summed E-state index contributed by atoms with van der Waals surface area (Å²) < 4.78 is 28.1. The molecule has 0 radical (unpaired) electrons. The number of carbonyl (C=O) groups is 2. The number of nitrogens with one attached hydrogen (secondary N) is 1. The van der Waals surface area contributed by atoms with Crippen molar-refractivity contribution in [2.45, 2.75) is 38.5 Å². The summed E-state index contributed by atoms with van der Waals surface area (Å²) in [6, 6.07) is 20.6. The van der Waals surface area contributed by atoms with Gasteiger partial charge in [0.05, 0.1) is 11.4 Å². The number of benzene rings is 3. The van der Waals surface area contributed by atoms with Gasteiger partial charge < -0.3 is 5.32 Å². The van der Waals surface area contributed by atoms with Crippen molar-refractivity contribution in [2.24, 2.45) is 0 Å². The zero-order valence-electron chi connectivity index (χ0n) is 19.0. The molecule has 6 nitrogen and oxygen atoms in total. The van der Waals surface area contributed by atoms with Crippen molar-refractivity contribution < 1.29 is 18.0 Å². The third-order valence-corrected chi connectivity index (χ3v) is 7.43. The highest BCUT2D eigenvalue weighted by Crippen LogP contribution is 2.28. The molecule has 3 rings (SSSR count). The Morgan fingerprint density at radius 2 is 1.52 bits per heavy atom. The molecule has 0 fully saturated rings. The summed E-state index contributed by atoms with van der Waals surface area (Å²) in [6.45, 7) is 5.90. The van der Waals surface area contributed by atoms with Crippen molar-refractivity contribution in [3.63, 3.8) is 0 Å². The van der Waals surface area contributed by atoms with Gasteiger partial charge in [-0.3, -0.25) is 13.9 Å². The predicted molar refractivity (Wildman–Crippen MR) is 131 cm³/mol. The predicted octanol–water partition coefficient (Wildman–Crippen LogP) is 5.12. The molecule has 0 saturated carbocycles. The number of Topliss-reactive ketones (excluding diaryl/α,β-unsaturated/α-hetero) is 1. The Kier molecular flexibility index (Phi) is 7.66. The van der Waals surface area contributed by atoms with Crippen LogP contribution in [0.3, 0.4) is 0 Å². The van der Waals surface area contributed by atoms with Gasteiger partial charge in [0.15, 0.2) is 5.78 Å². The van der Waals surface area contributed by atoms with Gasteiger partial charge in [-0.2, -0.15) is 0 Å². The van der Waals surface area contributed by atoms with Crippen LogP contribution in [0.4, 0.5) is 11.4 Å². The van der Waals surface area contributed by atoms with Crippen LogP contribution in [-0.4, -0.2) is 26.7 Å². The minimum atomic E-state index is -3.91. The quantitative estimate of drug-likeness (QED) is 0.446. The summed E-state index contributed by atoms with van der Waals surface area (Å²) >= 11 is 0. The van der Waals surface area contributed by atoms with E-state index in [9.17, 15) is 18.0 Å². The molecule has 3 aromatic rings. The summed E-state index contributed by atoms with van der Waals surface area (Å²) in [7, 11) is -3.91. The Hall–Kier alpha value is -3.45. The summed E-state index contributed by atoms with van der Waals surface area (Å²) in [5.74, 6) is -0.548. The summed E-state index contributed by atoms with van der Waals surface area (Å²) in [6.07, 6.45) is -0.00926. The molecule has 0 aliphatic rings. The van der Waals surface area contributed by atoms with E-state index in [4.69, 9.17) is 0 Å². The molecular formula is C26H28N2O4S. The van der Waals surface area contributed by atoms with Gasteiger partial charge in [0.1, 0.15) is 4.90 Å². The molecule has 1 amide bonds. The highest BCUT2D eigenvalue weighted by Gasteiger charge is 2.26. The number of hydrogen-bond donors (Lipinski definition) is 1. The number of nitrogens with zero attached hydrogens (tertiary/aromatic N) is 1. The second-order valence-electron chi connectivity index (χ2n) is 7.77. The second kappa shape index (κ2) is 10.4. The molecule has 0 atom stereocenters. The highest BCUT2D eigenvalue weighted by molar-refractivity contribution is 7.93. The number of hydrogen-bond acceptors (Lipinski definition) is 4. The number of carbonyl (C=O) groups excluding carboxylic acids is 2. The third kappa shape index (κ3) is 5.68. The van der Waals surface area contributed by atoms with E-state index in [0.29, 0.717) is 11.3 Å². The van der Waals surface area contributed by atoms with E-state index >= 15 is 0 Å². The molecular weight excluding hydrogens is 436 g/mol. The standard InChI is InChI=1S/C26H28N2O4S/c1-4-28(22-10-6-5-7-11-22)33(31,32)25-13-9-8-12-23(25)27-26(30)17-16-24(29)21-15-14-19(2)20(3)18-21/h5-15,18H,4,16-17H2,1-3H3,(H,27,30). The molecule has 33 heavy (non-hydrogen) atoms. The van der Waals surface area contributed by atoms with Gasteiger partial charge in [0, 0.05) is 24.9 Å². The maximum atomic E-state index is 13.4. The first-order valence-corrected chi connectivity index (χ1v) is 12.2. The van der Waals surface area contributed by atoms with Crippen LogP contribution in [0.5, 0.6) is 0 Å².